The Hall–Kier alpha value is -0.690. The molecule has 0 fully saturated rings. The summed E-state index contributed by atoms with van der Waals surface area (Å²) >= 11 is 3.25. The van der Waals surface area contributed by atoms with Gasteiger partial charge >= 0.3 is 5.51 Å². The first-order chi connectivity index (χ1) is 9.87. The lowest BCUT2D eigenvalue weighted by atomic mass is 10.1. The highest BCUT2D eigenvalue weighted by atomic mass is 79.9. The third kappa shape index (κ3) is 9.79. The summed E-state index contributed by atoms with van der Waals surface area (Å²) in [4.78, 5) is 11.4. The number of hydrogen-bond donors (Lipinski definition) is 1. The summed E-state index contributed by atoms with van der Waals surface area (Å²) in [5.41, 5.74) is -3.02. The Morgan fingerprint density at radius 2 is 1.86 bits per heavy atom. The van der Waals surface area contributed by atoms with Gasteiger partial charge in [0.2, 0.25) is 5.91 Å². The Bertz CT molecular complexity index is 437. The maximum Gasteiger partial charge on any atom is 0.441 e. The van der Waals surface area contributed by atoms with Crippen LogP contribution in [0.2, 0.25) is 0 Å². The van der Waals surface area contributed by atoms with E-state index < -0.39 is 5.51 Å². The summed E-state index contributed by atoms with van der Waals surface area (Å²) < 4.78 is 36.6. The van der Waals surface area contributed by atoms with E-state index in [0.29, 0.717) is 6.42 Å². The molecule has 2 nitrogen and oxygen atoms in total. The normalized spacial score (nSPS) is 11.4. The molecular weight excluding hydrogens is 367 g/mol. The number of aryl methyl sites for hydroxylation is 1. The summed E-state index contributed by atoms with van der Waals surface area (Å²) in [6.07, 6.45) is 2.86. The van der Waals surface area contributed by atoms with Gasteiger partial charge in [-0.15, -0.1) is 0 Å². The molecule has 1 aromatic carbocycles. The van der Waals surface area contributed by atoms with E-state index in [1.807, 2.05) is 24.3 Å². The summed E-state index contributed by atoms with van der Waals surface area (Å²) in [7, 11) is 0. The van der Waals surface area contributed by atoms with Crippen LogP contribution in [0, 0.1) is 0 Å². The van der Waals surface area contributed by atoms with Gasteiger partial charge in [-0.2, -0.15) is 13.2 Å². The molecule has 1 N–H and O–H groups in total. The highest BCUT2D eigenvalue weighted by molar-refractivity contribution is 9.10. The predicted molar refractivity (Wildman–Crippen MR) is 83.2 cm³/mol. The topological polar surface area (TPSA) is 29.1 Å². The number of amides is 1. The largest absolute Gasteiger partial charge is 0.441 e. The monoisotopic (exact) mass is 383 g/mol. The molecule has 0 aliphatic heterocycles. The molecule has 0 unspecified atom stereocenters. The van der Waals surface area contributed by atoms with E-state index in [2.05, 4.69) is 21.2 Å². The molecule has 118 valence electrons. The molecule has 0 spiro atoms. The molecule has 1 rings (SSSR count). The van der Waals surface area contributed by atoms with Crippen LogP contribution in [0.1, 0.15) is 24.8 Å². The Morgan fingerprint density at radius 1 is 1.19 bits per heavy atom. The zero-order valence-electron chi connectivity index (χ0n) is 11.4. The quantitative estimate of drug-likeness (QED) is 0.668. The number of rotatable bonds is 8. The fraction of sp³-hybridized carbons (Fsp3) is 0.500. The molecule has 0 atom stereocenters. The van der Waals surface area contributed by atoms with Gasteiger partial charge in [0, 0.05) is 23.2 Å². The molecule has 1 aromatic rings. The minimum absolute atomic E-state index is 0.0513. The molecule has 7 heteroatoms. The SMILES string of the molecule is O=C(CCCCc1ccc(Br)cc1)NCCSC(F)(F)F. The number of thioether (sulfide) groups is 1. The van der Waals surface area contributed by atoms with Crippen LogP contribution in [0.25, 0.3) is 0 Å². The fourth-order valence-corrected chi connectivity index (χ4v) is 2.41. The van der Waals surface area contributed by atoms with Gasteiger partial charge in [0.15, 0.2) is 0 Å². The van der Waals surface area contributed by atoms with Crippen molar-refractivity contribution in [1.29, 1.82) is 0 Å². The summed E-state index contributed by atoms with van der Waals surface area (Å²) in [5.74, 6) is -0.331. The van der Waals surface area contributed by atoms with Crippen molar-refractivity contribution in [2.75, 3.05) is 12.3 Å². The standard InChI is InChI=1S/C14H17BrF3NOS/c15-12-7-5-11(6-8-12)3-1-2-4-13(20)19-9-10-21-14(16,17)18/h5-8H,1-4,9-10H2,(H,19,20). The number of halogens is 4. The van der Waals surface area contributed by atoms with Gasteiger partial charge in [0.25, 0.3) is 0 Å². The molecule has 0 saturated heterocycles. The lowest BCUT2D eigenvalue weighted by Gasteiger charge is -2.07. The van der Waals surface area contributed by atoms with E-state index in [-0.39, 0.29) is 30.0 Å². The van der Waals surface area contributed by atoms with E-state index in [1.165, 1.54) is 5.56 Å². The molecule has 0 heterocycles. The van der Waals surface area contributed by atoms with Crippen molar-refractivity contribution in [3.63, 3.8) is 0 Å². The predicted octanol–water partition coefficient (Wildman–Crippen LogP) is 4.53. The second kappa shape index (κ2) is 9.35. The summed E-state index contributed by atoms with van der Waals surface area (Å²) in [5, 5.41) is 2.50. The maximum atomic E-state index is 11.9. The second-order valence-electron chi connectivity index (χ2n) is 4.48. The molecule has 21 heavy (non-hydrogen) atoms. The van der Waals surface area contributed by atoms with Crippen LogP contribution in [-0.4, -0.2) is 23.7 Å². The van der Waals surface area contributed by atoms with Gasteiger partial charge in [0.1, 0.15) is 0 Å². The number of benzene rings is 1. The van der Waals surface area contributed by atoms with Crippen LogP contribution >= 0.6 is 27.7 Å². The van der Waals surface area contributed by atoms with Crippen LogP contribution in [0.4, 0.5) is 13.2 Å². The van der Waals surface area contributed by atoms with Gasteiger partial charge in [0.05, 0.1) is 0 Å². The molecule has 0 saturated carbocycles. The first kappa shape index (κ1) is 18.4. The van der Waals surface area contributed by atoms with Crippen molar-refractivity contribution >= 4 is 33.6 Å². The van der Waals surface area contributed by atoms with Crippen LogP contribution in [-0.2, 0) is 11.2 Å². The van der Waals surface area contributed by atoms with Crippen molar-refractivity contribution < 1.29 is 18.0 Å². The molecule has 1 amide bonds. The highest BCUT2D eigenvalue weighted by Crippen LogP contribution is 2.29. The van der Waals surface area contributed by atoms with Crippen LogP contribution in [0.3, 0.4) is 0 Å². The number of hydrogen-bond acceptors (Lipinski definition) is 2. The van der Waals surface area contributed by atoms with Crippen molar-refractivity contribution in [3.8, 4) is 0 Å². The van der Waals surface area contributed by atoms with Gasteiger partial charge < -0.3 is 5.32 Å². The van der Waals surface area contributed by atoms with Crippen molar-refractivity contribution in [3.05, 3.63) is 34.3 Å². The summed E-state index contributed by atoms with van der Waals surface area (Å²) in [6, 6.07) is 8.00. The van der Waals surface area contributed by atoms with Crippen LogP contribution < -0.4 is 5.32 Å². The number of nitrogens with one attached hydrogen (secondary N) is 1. The maximum absolute atomic E-state index is 11.9. The molecule has 0 radical (unpaired) electrons. The third-order valence-electron chi connectivity index (χ3n) is 2.72. The van der Waals surface area contributed by atoms with E-state index in [0.717, 1.165) is 23.7 Å². The van der Waals surface area contributed by atoms with E-state index in [4.69, 9.17) is 0 Å². The Balaban J connectivity index is 2.04. The average molecular weight is 384 g/mol. The highest BCUT2D eigenvalue weighted by Gasteiger charge is 2.27. The summed E-state index contributed by atoms with van der Waals surface area (Å²) in [6.45, 7) is 0.0513. The van der Waals surface area contributed by atoms with Crippen LogP contribution in [0.5, 0.6) is 0 Å². The zero-order valence-corrected chi connectivity index (χ0v) is 13.8. The minimum Gasteiger partial charge on any atom is -0.355 e. The van der Waals surface area contributed by atoms with E-state index >= 15 is 0 Å². The van der Waals surface area contributed by atoms with E-state index in [9.17, 15) is 18.0 Å². The van der Waals surface area contributed by atoms with Gasteiger partial charge in [-0.25, -0.2) is 0 Å². The number of alkyl halides is 3. The van der Waals surface area contributed by atoms with Gasteiger partial charge in [-0.1, -0.05) is 28.1 Å². The third-order valence-corrected chi connectivity index (χ3v) is 3.99. The van der Waals surface area contributed by atoms with Gasteiger partial charge in [-0.3, -0.25) is 4.79 Å². The van der Waals surface area contributed by atoms with Crippen LogP contribution in [0.15, 0.2) is 28.7 Å². The van der Waals surface area contributed by atoms with Crippen molar-refractivity contribution in [2.45, 2.75) is 31.2 Å². The van der Waals surface area contributed by atoms with Crippen molar-refractivity contribution in [1.82, 2.24) is 5.32 Å². The lowest BCUT2D eigenvalue weighted by molar-refractivity contribution is -0.121. The first-order valence-corrected chi connectivity index (χ1v) is 8.36. The zero-order chi connectivity index (χ0) is 15.7. The van der Waals surface area contributed by atoms with Crippen molar-refractivity contribution in [2.24, 2.45) is 0 Å². The Labute approximate surface area is 135 Å². The molecular formula is C14H17BrF3NOS. The molecule has 0 aromatic heterocycles. The smallest absolute Gasteiger partial charge is 0.355 e. The number of unbranched alkanes of at least 4 members (excludes halogenated alkanes) is 1. The number of carbonyl (C=O) groups excluding carboxylic acids is 1. The molecule has 0 aliphatic rings. The fourth-order valence-electron chi connectivity index (χ4n) is 1.71. The Kier molecular flexibility index (Phi) is 8.18. The Morgan fingerprint density at radius 3 is 2.48 bits per heavy atom. The lowest BCUT2D eigenvalue weighted by Crippen LogP contribution is -2.26. The minimum atomic E-state index is -4.23. The first-order valence-electron chi connectivity index (χ1n) is 6.58. The average Bonchev–Trinajstić information content (AvgIpc) is 2.41. The number of carbonyl (C=O) groups is 1. The molecule has 0 aliphatic carbocycles. The second-order valence-corrected chi connectivity index (χ2v) is 6.55. The van der Waals surface area contributed by atoms with E-state index in [1.54, 1.807) is 0 Å². The molecule has 0 bridgehead atoms. The van der Waals surface area contributed by atoms with Gasteiger partial charge in [-0.05, 0) is 48.7 Å².